The van der Waals surface area contributed by atoms with Gasteiger partial charge in [0.05, 0.1) is 21.2 Å². The Morgan fingerprint density at radius 1 is 1.04 bits per heavy atom. The number of rotatable bonds is 2. The van der Waals surface area contributed by atoms with E-state index < -0.39 is 12.3 Å². The first-order valence-corrected chi connectivity index (χ1v) is 9.48. The highest BCUT2D eigenvalue weighted by atomic mass is 35.5. The van der Waals surface area contributed by atoms with E-state index in [1.807, 2.05) is 4.90 Å². The Bertz CT molecular complexity index is 1070. The number of hydrogen-bond donors (Lipinski definition) is 1. The number of nitrogens with zero attached hydrogens (tertiary/aromatic N) is 3. The zero-order chi connectivity index (χ0) is 20.2. The van der Waals surface area contributed by atoms with Crippen molar-refractivity contribution in [1.29, 1.82) is 0 Å². The van der Waals surface area contributed by atoms with Crippen molar-refractivity contribution in [3.05, 3.63) is 51.0 Å². The van der Waals surface area contributed by atoms with Gasteiger partial charge in [0, 0.05) is 23.7 Å². The van der Waals surface area contributed by atoms with E-state index in [-0.39, 0.29) is 21.6 Å². The van der Waals surface area contributed by atoms with Gasteiger partial charge < -0.3 is 14.6 Å². The number of benzene rings is 2. The molecule has 1 aliphatic rings. The lowest BCUT2D eigenvalue weighted by atomic mass is 10.1. The fraction of sp³-hybridized carbons (Fsp3) is 0.278. The summed E-state index contributed by atoms with van der Waals surface area (Å²) in [5.74, 6) is 0.411. The van der Waals surface area contributed by atoms with Gasteiger partial charge in [0.15, 0.2) is 6.10 Å². The maximum absolute atomic E-state index is 13.2. The van der Waals surface area contributed by atoms with Gasteiger partial charge in [-0.3, -0.25) is 0 Å². The third-order valence-corrected chi connectivity index (χ3v) is 5.51. The van der Waals surface area contributed by atoms with Gasteiger partial charge in [0.2, 0.25) is 5.95 Å². The SMILES string of the molecule is OC(c1ccc(Cl)c2nc3n(c12)CCCN3c1ccc(Cl)cc1Cl)C(F)(F)F. The molecule has 1 unspecified atom stereocenters. The van der Waals surface area contributed by atoms with Gasteiger partial charge in [-0.05, 0) is 30.7 Å². The van der Waals surface area contributed by atoms with Gasteiger partial charge in [0.1, 0.15) is 5.52 Å². The zero-order valence-electron chi connectivity index (χ0n) is 14.1. The van der Waals surface area contributed by atoms with Crippen LogP contribution in [-0.2, 0) is 6.54 Å². The van der Waals surface area contributed by atoms with Crippen LogP contribution in [-0.4, -0.2) is 27.4 Å². The monoisotopic (exact) mass is 449 g/mol. The molecule has 0 amide bonds. The lowest BCUT2D eigenvalue weighted by Crippen LogP contribution is -2.29. The summed E-state index contributed by atoms with van der Waals surface area (Å²) in [6, 6.07) is 7.49. The minimum Gasteiger partial charge on any atom is -0.379 e. The van der Waals surface area contributed by atoms with Crippen molar-refractivity contribution >= 4 is 57.5 Å². The lowest BCUT2D eigenvalue weighted by molar-refractivity contribution is -0.206. The minimum atomic E-state index is -4.81. The number of alkyl halides is 3. The summed E-state index contributed by atoms with van der Waals surface area (Å²) >= 11 is 18.5. The first-order valence-electron chi connectivity index (χ1n) is 8.34. The number of aliphatic hydroxyl groups excluding tert-OH is 1. The molecule has 28 heavy (non-hydrogen) atoms. The average Bonchev–Trinajstić information content (AvgIpc) is 3.02. The standard InChI is InChI=1S/C18H13Cl3F3N3O/c19-9-2-5-13(12(21)8-9)26-6-1-7-27-15-10(16(28)18(22,23)24)3-4-11(20)14(15)25-17(26)27/h2-5,8,16,28H,1,6-7H2. The number of aliphatic hydroxyl groups is 1. The summed E-state index contributed by atoms with van der Waals surface area (Å²) in [6.45, 7) is 1.00. The highest BCUT2D eigenvalue weighted by Crippen LogP contribution is 2.42. The number of hydrogen-bond acceptors (Lipinski definition) is 3. The molecule has 2 heterocycles. The summed E-state index contributed by atoms with van der Waals surface area (Å²) in [4.78, 5) is 6.29. The Balaban J connectivity index is 1.94. The van der Waals surface area contributed by atoms with Crippen molar-refractivity contribution < 1.29 is 18.3 Å². The molecule has 4 nitrogen and oxygen atoms in total. The summed E-state index contributed by atoms with van der Waals surface area (Å²) in [7, 11) is 0. The Kier molecular flexibility index (Phi) is 4.90. The average molecular weight is 451 g/mol. The Morgan fingerprint density at radius 3 is 2.46 bits per heavy atom. The molecule has 0 spiro atoms. The van der Waals surface area contributed by atoms with Crippen LogP contribution in [0.1, 0.15) is 18.1 Å². The predicted molar refractivity (Wildman–Crippen MR) is 104 cm³/mol. The topological polar surface area (TPSA) is 41.3 Å². The van der Waals surface area contributed by atoms with Crippen molar-refractivity contribution in [2.75, 3.05) is 11.4 Å². The van der Waals surface area contributed by atoms with E-state index in [1.54, 1.807) is 22.8 Å². The van der Waals surface area contributed by atoms with Crippen LogP contribution < -0.4 is 4.90 Å². The Hall–Kier alpha value is -1.67. The van der Waals surface area contributed by atoms with Crippen LogP contribution in [0.15, 0.2) is 30.3 Å². The third kappa shape index (κ3) is 3.20. The van der Waals surface area contributed by atoms with Crippen molar-refractivity contribution in [2.45, 2.75) is 25.2 Å². The molecule has 148 valence electrons. The van der Waals surface area contributed by atoms with Crippen LogP contribution in [0.3, 0.4) is 0 Å². The molecule has 2 aromatic carbocycles. The number of aromatic nitrogens is 2. The first kappa shape index (κ1) is 19.6. The predicted octanol–water partition coefficient (Wildman–Crippen LogP) is 6.13. The van der Waals surface area contributed by atoms with Gasteiger partial charge >= 0.3 is 6.18 Å². The van der Waals surface area contributed by atoms with E-state index in [9.17, 15) is 18.3 Å². The normalized spacial score (nSPS) is 15.8. The maximum Gasteiger partial charge on any atom is 0.418 e. The van der Waals surface area contributed by atoms with E-state index in [2.05, 4.69) is 4.98 Å². The molecule has 4 rings (SSSR count). The maximum atomic E-state index is 13.2. The van der Waals surface area contributed by atoms with E-state index in [1.165, 1.54) is 12.1 Å². The molecule has 0 saturated carbocycles. The number of fused-ring (bicyclic) bond motifs is 3. The molecule has 1 N–H and O–H groups in total. The molecule has 0 aliphatic carbocycles. The molecule has 1 aromatic heterocycles. The van der Waals surface area contributed by atoms with Crippen LogP contribution in [0.25, 0.3) is 11.0 Å². The largest absolute Gasteiger partial charge is 0.418 e. The minimum absolute atomic E-state index is 0.169. The van der Waals surface area contributed by atoms with E-state index in [4.69, 9.17) is 34.8 Å². The Morgan fingerprint density at radius 2 is 1.79 bits per heavy atom. The second-order valence-corrected chi connectivity index (χ2v) is 7.69. The molecular formula is C18H13Cl3F3N3O. The van der Waals surface area contributed by atoms with Gasteiger partial charge in [-0.25, -0.2) is 4.98 Å². The smallest absolute Gasteiger partial charge is 0.379 e. The quantitative estimate of drug-likeness (QED) is 0.510. The van der Waals surface area contributed by atoms with Gasteiger partial charge in [-0.1, -0.05) is 40.9 Å². The van der Waals surface area contributed by atoms with Gasteiger partial charge in [-0.2, -0.15) is 13.2 Å². The van der Waals surface area contributed by atoms with Gasteiger partial charge in [-0.15, -0.1) is 0 Å². The number of halogens is 6. The number of imidazole rings is 1. The summed E-state index contributed by atoms with van der Waals surface area (Å²) in [6.07, 6.45) is -6.80. The first-order chi connectivity index (χ1) is 13.2. The second kappa shape index (κ2) is 6.99. The Labute approximate surface area is 173 Å². The van der Waals surface area contributed by atoms with Crippen LogP contribution >= 0.6 is 34.8 Å². The molecule has 0 fully saturated rings. The van der Waals surface area contributed by atoms with Crippen molar-refractivity contribution in [1.82, 2.24) is 9.55 Å². The summed E-state index contributed by atoms with van der Waals surface area (Å²) in [5, 5.41) is 10.9. The zero-order valence-corrected chi connectivity index (χ0v) is 16.4. The van der Waals surface area contributed by atoms with E-state index in [0.29, 0.717) is 41.2 Å². The highest BCUT2D eigenvalue weighted by molar-refractivity contribution is 6.36. The summed E-state index contributed by atoms with van der Waals surface area (Å²) in [5.41, 5.74) is 0.725. The van der Waals surface area contributed by atoms with Crippen LogP contribution in [0, 0.1) is 0 Å². The summed E-state index contributed by atoms with van der Waals surface area (Å²) < 4.78 is 41.2. The third-order valence-electron chi connectivity index (χ3n) is 4.67. The fourth-order valence-electron chi connectivity index (χ4n) is 3.45. The van der Waals surface area contributed by atoms with Crippen LogP contribution in [0.5, 0.6) is 0 Å². The molecule has 0 radical (unpaired) electrons. The van der Waals surface area contributed by atoms with Crippen molar-refractivity contribution in [3.63, 3.8) is 0 Å². The molecule has 0 bridgehead atoms. The van der Waals surface area contributed by atoms with Crippen LogP contribution in [0.4, 0.5) is 24.8 Å². The number of aryl methyl sites for hydroxylation is 1. The fourth-order valence-corrected chi connectivity index (χ4v) is 4.16. The highest BCUT2D eigenvalue weighted by Gasteiger charge is 2.41. The molecule has 3 aromatic rings. The molecule has 10 heteroatoms. The second-order valence-electron chi connectivity index (χ2n) is 6.44. The van der Waals surface area contributed by atoms with Crippen molar-refractivity contribution in [3.8, 4) is 0 Å². The van der Waals surface area contributed by atoms with E-state index in [0.717, 1.165) is 0 Å². The molecular weight excluding hydrogens is 438 g/mol. The molecule has 0 saturated heterocycles. The van der Waals surface area contributed by atoms with E-state index >= 15 is 0 Å². The lowest BCUT2D eigenvalue weighted by Gasteiger charge is -2.30. The molecule has 1 atom stereocenters. The van der Waals surface area contributed by atoms with Gasteiger partial charge in [0.25, 0.3) is 0 Å². The molecule has 1 aliphatic heterocycles. The number of anilines is 2. The van der Waals surface area contributed by atoms with Crippen molar-refractivity contribution in [2.24, 2.45) is 0 Å². The van der Waals surface area contributed by atoms with Crippen LogP contribution in [0.2, 0.25) is 15.1 Å².